The van der Waals surface area contributed by atoms with Gasteiger partial charge < -0.3 is 9.73 Å². The largest absolute Gasteiger partial charge is 0.458 e. The van der Waals surface area contributed by atoms with Gasteiger partial charge in [-0.2, -0.15) is 5.10 Å². The molecule has 0 atom stereocenters. The van der Waals surface area contributed by atoms with Gasteiger partial charge in [0.15, 0.2) is 5.76 Å². The number of nitrogens with zero attached hydrogens (tertiary/aromatic N) is 2. The van der Waals surface area contributed by atoms with Gasteiger partial charge in [-0.3, -0.25) is 9.48 Å². The molecule has 0 saturated heterocycles. The molecule has 0 unspecified atom stereocenters. The smallest absolute Gasteiger partial charge is 0.244 e. The molecule has 1 aromatic carbocycles. The molecule has 0 bridgehead atoms. The summed E-state index contributed by atoms with van der Waals surface area (Å²) in [6.07, 6.45) is 5.01. The van der Waals surface area contributed by atoms with Crippen molar-refractivity contribution in [2.24, 2.45) is 7.05 Å². The number of benzene rings is 1. The molecule has 0 aliphatic carbocycles. The molecule has 0 radical (unpaired) electrons. The fourth-order valence-corrected chi connectivity index (χ4v) is 2.20. The molecular weight excluding hydrogens is 290 g/mol. The zero-order chi connectivity index (χ0) is 16.1. The van der Waals surface area contributed by atoms with Crippen LogP contribution in [0.3, 0.4) is 0 Å². The molecule has 23 heavy (non-hydrogen) atoms. The van der Waals surface area contributed by atoms with Gasteiger partial charge >= 0.3 is 0 Å². The standard InChI is InChI=1S/C18H17N3O2/c1-21-16(11-12-20-21)17-9-8-15(23-17)13-19-18(22)10-7-14-5-3-2-4-6-14/h2-12H,13H2,1H3,(H,19,22)/b10-7+. The van der Waals surface area contributed by atoms with Gasteiger partial charge in [-0.1, -0.05) is 30.3 Å². The van der Waals surface area contributed by atoms with Crippen LogP contribution in [0.1, 0.15) is 11.3 Å². The summed E-state index contributed by atoms with van der Waals surface area (Å²) in [7, 11) is 1.85. The maximum atomic E-state index is 11.8. The molecule has 5 nitrogen and oxygen atoms in total. The van der Waals surface area contributed by atoms with E-state index in [1.54, 1.807) is 17.0 Å². The highest BCUT2D eigenvalue weighted by molar-refractivity contribution is 5.91. The van der Waals surface area contributed by atoms with Crippen molar-refractivity contribution in [1.29, 1.82) is 0 Å². The van der Waals surface area contributed by atoms with E-state index in [9.17, 15) is 4.79 Å². The summed E-state index contributed by atoms with van der Waals surface area (Å²) in [5.41, 5.74) is 1.88. The van der Waals surface area contributed by atoms with Gasteiger partial charge in [-0.05, 0) is 29.8 Å². The van der Waals surface area contributed by atoms with Crippen LogP contribution in [-0.2, 0) is 18.4 Å². The first kappa shape index (κ1) is 14.8. The Morgan fingerprint density at radius 1 is 1.22 bits per heavy atom. The number of rotatable bonds is 5. The topological polar surface area (TPSA) is 60.1 Å². The van der Waals surface area contributed by atoms with Gasteiger partial charge in [0.1, 0.15) is 11.5 Å². The average molecular weight is 307 g/mol. The van der Waals surface area contributed by atoms with E-state index in [1.807, 2.05) is 55.6 Å². The first-order valence-corrected chi connectivity index (χ1v) is 7.30. The van der Waals surface area contributed by atoms with Crippen molar-refractivity contribution >= 4 is 12.0 Å². The molecule has 116 valence electrons. The highest BCUT2D eigenvalue weighted by atomic mass is 16.3. The van der Waals surface area contributed by atoms with E-state index < -0.39 is 0 Å². The van der Waals surface area contributed by atoms with E-state index in [0.717, 1.165) is 17.0 Å². The summed E-state index contributed by atoms with van der Waals surface area (Å²) in [6.45, 7) is 0.343. The van der Waals surface area contributed by atoms with Crippen LogP contribution in [-0.4, -0.2) is 15.7 Å². The predicted octanol–water partition coefficient (Wildman–Crippen LogP) is 3.01. The Balaban J connectivity index is 1.57. The van der Waals surface area contributed by atoms with E-state index in [4.69, 9.17) is 4.42 Å². The Morgan fingerprint density at radius 3 is 2.78 bits per heavy atom. The van der Waals surface area contributed by atoms with E-state index in [2.05, 4.69) is 10.4 Å². The highest BCUT2D eigenvalue weighted by Gasteiger charge is 2.08. The molecule has 1 amide bonds. The first-order chi connectivity index (χ1) is 11.2. The van der Waals surface area contributed by atoms with Crippen LogP contribution in [0, 0.1) is 0 Å². The second-order valence-corrected chi connectivity index (χ2v) is 5.07. The SMILES string of the molecule is Cn1nccc1-c1ccc(CNC(=O)/C=C/c2ccccc2)o1. The van der Waals surface area contributed by atoms with Crippen LogP contribution >= 0.6 is 0 Å². The lowest BCUT2D eigenvalue weighted by Gasteiger charge is -2.00. The van der Waals surface area contributed by atoms with Crippen molar-refractivity contribution in [2.75, 3.05) is 0 Å². The van der Waals surface area contributed by atoms with Crippen LogP contribution in [0.4, 0.5) is 0 Å². The molecule has 0 aliphatic heterocycles. The number of furan rings is 1. The number of amides is 1. The van der Waals surface area contributed by atoms with Crippen molar-refractivity contribution in [3.8, 4) is 11.5 Å². The predicted molar refractivity (Wildman–Crippen MR) is 88.2 cm³/mol. The number of aromatic nitrogens is 2. The number of carbonyl (C=O) groups excluding carboxylic acids is 1. The van der Waals surface area contributed by atoms with E-state index in [1.165, 1.54) is 6.08 Å². The Bertz CT molecular complexity index is 816. The van der Waals surface area contributed by atoms with E-state index in [0.29, 0.717) is 12.3 Å². The van der Waals surface area contributed by atoms with Crippen LogP contribution in [0.2, 0.25) is 0 Å². The molecule has 0 spiro atoms. The van der Waals surface area contributed by atoms with Gasteiger partial charge in [0.2, 0.25) is 5.91 Å². The molecule has 0 saturated carbocycles. The normalized spacial score (nSPS) is 11.0. The summed E-state index contributed by atoms with van der Waals surface area (Å²) in [5.74, 6) is 1.27. The van der Waals surface area contributed by atoms with Gasteiger partial charge in [-0.15, -0.1) is 0 Å². The maximum absolute atomic E-state index is 11.8. The molecule has 3 aromatic rings. The second-order valence-electron chi connectivity index (χ2n) is 5.07. The van der Waals surface area contributed by atoms with Gasteiger partial charge in [0, 0.05) is 19.3 Å². The van der Waals surface area contributed by atoms with Crippen LogP contribution in [0.25, 0.3) is 17.5 Å². The maximum Gasteiger partial charge on any atom is 0.244 e. The lowest BCUT2D eigenvalue weighted by Crippen LogP contribution is -2.19. The fourth-order valence-electron chi connectivity index (χ4n) is 2.20. The summed E-state index contributed by atoms with van der Waals surface area (Å²) in [5, 5.41) is 6.91. The monoisotopic (exact) mass is 307 g/mol. The van der Waals surface area contributed by atoms with Crippen LogP contribution in [0.15, 0.2) is 65.2 Å². The Kier molecular flexibility index (Phi) is 4.38. The molecule has 2 heterocycles. The van der Waals surface area contributed by atoms with Crippen molar-refractivity contribution in [3.63, 3.8) is 0 Å². The van der Waals surface area contributed by atoms with Crippen molar-refractivity contribution in [2.45, 2.75) is 6.54 Å². The molecular formula is C18H17N3O2. The first-order valence-electron chi connectivity index (χ1n) is 7.30. The summed E-state index contributed by atoms with van der Waals surface area (Å²) < 4.78 is 7.46. The van der Waals surface area contributed by atoms with Crippen molar-refractivity contribution in [3.05, 3.63) is 72.1 Å². The third-order valence-electron chi connectivity index (χ3n) is 3.40. The minimum Gasteiger partial charge on any atom is -0.458 e. The Hall–Kier alpha value is -3.08. The van der Waals surface area contributed by atoms with Crippen molar-refractivity contribution in [1.82, 2.24) is 15.1 Å². The summed E-state index contributed by atoms with van der Waals surface area (Å²) in [6, 6.07) is 15.3. The van der Waals surface area contributed by atoms with Gasteiger partial charge in [-0.25, -0.2) is 0 Å². The second kappa shape index (κ2) is 6.79. The van der Waals surface area contributed by atoms with Gasteiger partial charge in [0.05, 0.1) is 6.54 Å². The number of aryl methyl sites for hydroxylation is 1. The lowest BCUT2D eigenvalue weighted by atomic mass is 10.2. The van der Waals surface area contributed by atoms with E-state index in [-0.39, 0.29) is 5.91 Å². The Morgan fingerprint density at radius 2 is 2.04 bits per heavy atom. The summed E-state index contributed by atoms with van der Waals surface area (Å²) >= 11 is 0. The minimum absolute atomic E-state index is 0.160. The summed E-state index contributed by atoms with van der Waals surface area (Å²) in [4.78, 5) is 11.8. The number of hydrogen-bond donors (Lipinski definition) is 1. The third-order valence-corrected chi connectivity index (χ3v) is 3.40. The molecule has 1 N–H and O–H groups in total. The quantitative estimate of drug-likeness (QED) is 0.737. The number of hydrogen-bond acceptors (Lipinski definition) is 3. The fraction of sp³-hybridized carbons (Fsp3) is 0.111. The molecule has 2 aromatic heterocycles. The molecule has 5 heteroatoms. The molecule has 3 rings (SSSR count). The molecule has 0 aliphatic rings. The van der Waals surface area contributed by atoms with E-state index >= 15 is 0 Å². The Labute approximate surface area is 134 Å². The minimum atomic E-state index is -0.160. The highest BCUT2D eigenvalue weighted by Crippen LogP contribution is 2.20. The lowest BCUT2D eigenvalue weighted by molar-refractivity contribution is -0.116. The molecule has 0 fully saturated rings. The third kappa shape index (κ3) is 3.77. The van der Waals surface area contributed by atoms with Crippen LogP contribution in [0.5, 0.6) is 0 Å². The van der Waals surface area contributed by atoms with Crippen LogP contribution < -0.4 is 5.32 Å². The van der Waals surface area contributed by atoms with Crippen molar-refractivity contribution < 1.29 is 9.21 Å². The zero-order valence-electron chi connectivity index (χ0n) is 12.8. The average Bonchev–Trinajstić information content (AvgIpc) is 3.20. The zero-order valence-corrected chi connectivity index (χ0v) is 12.8. The van der Waals surface area contributed by atoms with Gasteiger partial charge in [0.25, 0.3) is 0 Å². The number of carbonyl (C=O) groups is 1. The number of nitrogens with one attached hydrogen (secondary N) is 1.